The van der Waals surface area contributed by atoms with Gasteiger partial charge in [0.2, 0.25) is 0 Å². The Hall–Kier alpha value is -4.60. The molecule has 2 unspecified atom stereocenters. The van der Waals surface area contributed by atoms with Crippen LogP contribution in [-0.4, -0.2) is 49.7 Å². The van der Waals surface area contributed by atoms with Crippen molar-refractivity contribution < 1.29 is 42.2 Å². The summed E-state index contributed by atoms with van der Waals surface area (Å²) in [5.41, 5.74) is -0.930. The molecule has 0 aliphatic heterocycles. The fourth-order valence-corrected chi connectivity index (χ4v) is 4.68. The van der Waals surface area contributed by atoms with E-state index in [1.165, 1.54) is 30.3 Å². The molecule has 0 bridgehead atoms. The standard InChI is InChI=1S/C39H51F2NO7/c1-8-13-15-17-29(7)39(37(45)47-11-4,38(46)48-12-5)25-26-49-36(44)28(6)19-24-33(10-3)42-35(43)32(18-16-14-9-2)27-30-20-22-31(23-21-30)34(40)41/h8-9,13-18,20-23,27-28,33-34H,7,10-12,19,24-26H2,1-6H3,(H,42,43)/b13-8-,14-9-,17-15-,18-16-,32-27-. The number of esters is 3. The summed E-state index contributed by atoms with van der Waals surface area (Å²) < 4.78 is 42.0. The number of hydrogen-bond acceptors (Lipinski definition) is 7. The Labute approximate surface area is 289 Å². The molecule has 0 radical (unpaired) electrons. The van der Waals surface area contributed by atoms with Gasteiger partial charge in [-0.2, -0.15) is 0 Å². The van der Waals surface area contributed by atoms with E-state index < -0.39 is 35.7 Å². The van der Waals surface area contributed by atoms with Crippen LogP contribution in [0.1, 0.15) is 84.8 Å². The van der Waals surface area contributed by atoms with Gasteiger partial charge in [-0.1, -0.05) is 87.2 Å². The van der Waals surface area contributed by atoms with Crippen LogP contribution in [-0.2, 0) is 33.4 Å². The van der Waals surface area contributed by atoms with E-state index in [2.05, 4.69) is 11.9 Å². The summed E-state index contributed by atoms with van der Waals surface area (Å²) in [4.78, 5) is 52.6. The first kappa shape index (κ1) is 42.4. The molecule has 1 aromatic carbocycles. The van der Waals surface area contributed by atoms with E-state index in [1.54, 1.807) is 63.3 Å². The number of halogens is 2. The normalized spacial score (nSPS) is 13.7. The van der Waals surface area contributed by atoms with Crippen molar-refractivity contribution in [2.45, 2.75) is 79.7 Å². The van der Waals surface area contributed by atoms with Gasteiger partial charge >= 0.3 is 17.9 Å². The molecule has 0 saturated heterocycles. The number of hydrogen-bond donors (Lipinski definition) is 1. The average molecular weight is 684 g/mol. The lowest BCUT2D eigenvalue weighted by Gasteiger charge is -2.30. The van der Waals surface area contributed by atoms with Crippen molar-refractivity contribution in [1.29, 1.82) is 0 Å². The van der Waals surface area contributed by atoms with Crippen LogP contribution in [0.3, 0.4) is 0 Å². The van der Waals surface area contributed by atoms with Crippen LogP contribution in [0.15, 0.2) is 90.6 Å². The van der Waals surface area contributed by atoms with Gasteiger partial charge in [-0.05, 0) is 70.2 Å². The second-order valence-corrected chi connectivity index (χ2v) is 11.2. The van der Waals surface area contributed by atoms with E-state index >= 15 is 0 Å². The summed E-state index contributed by atoms with van der Waals surface area (Å²) in [6.07, 6.45) is 13.8. The molecule has 1 rings (SSSR count). The van der Waals surface area contributed by atoms with Gasteiger partial charge in [0.15, 0.2) is 5.41 Å². The lowest BCUT2D eigenvalue weighted by Crippen LogP contribution is -2.44. The van der Waals surface area contributed by atoms with Crippen molar-refractivity contribution in [3.05, 3.63) is 102 Å². The van der Waals surface area contributed by atoms with Crippen LogP contribution in [0, 0.1) is 11.3 Å². The summed E-state index contributed by atoms with van der Waals surface area (Å²) in [6, 6.07) is 5.44. The van der Waals surface area contributed by atoms with Crippen LogP contribution >= 0.6 is 0 Å². The van der Waals surface area contributed by atoms with Gasteiger partial charge in [-0.15, -0.1) is 0 Å². The second-order valence-electron chi connectivity index (χ2n) is 11.2. The molecule has 0 aromatic heterocycles. The molecule has 1 amide bonds. The fourth-order valence-electron chi connectivity index (χ4n) is 4.68. The van der Waals surface area contributed by atoms with Gasteiger partial charge < -0.3 is 19.5 Å². The first-order valence-electron chi connectivity index (χ1n) is 16.6. The van der Waals surface area contributed by atoms with Crippen LogP contribution in [0.4, 0.5) is 8.78 Å². The number of carbonyl (C=O) groups is 4. The van der Waals surface area contributed by atoms with Gasteiger partial charge in [0, 0.05) is 23.6 Å². The third-order valence-corrected chi connectivity index (χ3v) is 7.65. The Bertz CT molecular complexity index is 1370. The van der Waals surface area contributed by atoms with E-state index in [0.29, 0.717) is 30.4 Å². The molecule has 268 valence electrons. The van der Waals surface area contributed by atoms with Crippen LogP contribution in [0.5, 0.6) is 0 Å². The Morgan fingerprint density at radius 1 is 0.857 bits per heavy atom. The SMILES string of the molecule is C=C(/C=C\C=C/C)C(CCOC(=O)C(C)CCC(CC)NC(=O)C(/C=C\C=C/C)=C\c1ccc(C(F)F)cc1)(C(=O)OCC)C(=O)OCC. The summed E-state index contributed by atoms with van der Waals surface area (Å²) in [5, 5.41) is 3.00. The van der Waals surface area contributed by atoms with Crippen molar-refractivity contribution in [2.24, 2.45) is 11.3 Å². The zero-order valence-corrected chi connectivity index (χ0v) is 29.5. The number of alkyl halides is 2. The highest BCUT2D eigenvalue weighted by molar-refractivity contribution is 6.04. The topological polar surface area (TPSA) is 108 Å². The molecule has 1 N–H and O–H groups in total. The third-order valence-electron chi connectivity index (χ3n) is 7.65. The summed E-state index contributed by atoms with van der Waals surface area (Å²) in [5.74, 6) is -3.11. The van der Waals surface area contributed by atoms with Crippen LogP contribution in [0.25, 0.3) is 6.08 Å². The van der Waals surface area contributed by atoms with Crippen molar-refractivity contribution in [2.75, 3.05) is 19.8 Å². The lowest BCUT2D eigenvalue weighted by atomic mass is 9.77. The minimum atomic E-state index is -2.58. The molecule has 0 heterocycles. The van der Waals surface area contributed by atoms with Crippen LogP contribution < -0.4 is 5.32 Å². The number of benzene rings is 1. The van der Waals surface area contributed by atoms with E-state index in [4.69, 9.17) is 14.2 Å². The fraction of sp³-hybridized carbons (Fsp3) is 0.436. The first-order valence-corrected chi connectivity index (χ1v) is 16.6. The molecule has 1 aromatic rings. The maximum Gasteiger partial charge on any atom is 0.328 e. The number of nitrogens with one attached hydrogen (secondary N) is 1. The molecule has 0 aliphatic rings. The number of amides is 1. The van der Waals surface area contributed by atoms with E-state index in [-0.39, 0.29) is 49.3 Å². The molecular weight excluding hydrogens is 632 g/mol. The van der Waals surface area contributed by atoms with Crippen molar-refractivity contribution >= 4 is 29.9 Å². The number of rotatable bonds is 21. The molecule has 8 nitrogen and oxygen atoms in total. The van der Waals surface area contributed by atoms with Gasteiger partial charge in [0.1, 0.15) is 0 Å². The predicted molar refractivity (Wildman–Crippen MR) is 188 cm³/mol. The van der Waals surface area contributed by atoms with Crippen molar-refractivity contribution in [1.82, 2.24) is 5.32 Å². The molecule has 0 saturated carbocycles. The van der Waals surface area contributed by atoms with Gasteiger partial charge in [-0.25, -0.2) is 8.78 Å². The number of carbonyl (C=O) groups excluding carboxylic acids is 4. The maximum atomic E-state index is 13.3. The number of ether oxygens (including phenoxy) is 3. The quantitative estimate of drug-likeness (QED) is 0.0458. The summed E-state index contributed by atoms with van der Waals surface area (Å²) in [6.45, 7) is 14.2. The minimum absolute atomic E-state index is 0.0234. The second kappa shape index (κ2) is 22.9. The average Bonchev–Trinajstić information content (AvgIpc) is 3.08. The Morgan fingerprint density at radius 3 is 1.94 bits per heavy atom. The molecule has 0 aliphatic carbocycles. The highest BCUT2D eigenvalue weighted by Crippen LogP contribution is 2.35. The molecule has 0 fully saturated rings. The monoisotopic (exact) mass is 683 g/mol. The Kier molecular flexibility index (Phi) is 19.8. The largest absolute Gasteiger partial charge is 0.465 e. The number of allylic oxidation sites excluding steroid dienone is 7. The minimum Gasteiger partial charge on any atom is -0.465 e. The molecule has 10 heteroatoms. The molecule has 49 heavy (non-hydrogen) atoms. The first-order chi connectivity index (χ1) is 23.4. The van der Waals surface area contributed by atoms with Crippen LogP contribution in [0.2, 0.25) is 0 Å². The highest BCUT2D eigenvalue weighted by atomic mass is 19.3. The predicted octanol–water partition coefficient (Wildman–Crippen LogP) is 8.19. The molecule has 0 spiro atoms. The zero-order valence-electron chi connectivity index (χ0n) is 29.5. The van der Waals surface area contributed by atoms with Crippen molar-refractivity contribution in [3.63, 3.8) is 0 Å². The Balaban J connectivity index is 3.00. The maximum absolute atomic E-state index is 13.3. The third kappa shape index (κ3) is 13.8. The van der Waals surface area contributed by atoms with E-state index in [9.17, 15) is 28.0 Å². The summed E-state index contributed by atoms with van der Waals surface area (Å²) in [7, 11) is 0. The molecule has 2 atom stereocenters. The Morgan fingerprint density at radius 2 is 1.43 bits per heavy atom. The zero-order chi connectivity index (χ0) is 36.8. The molecular formula is C39H51F2NO7. The van der Waals surface area contributed by atoms with Gasteiger partial charge in [0.25, 0.3) is 12.3 Å². The smallest absolute Gasteiger partial charge is 0.328 e. The lowest BCUT2D eigenvalue weighted by molar-refractivity contribution is -0.171. The highest BCUT2D eigenvalue weighted by Gasteiger charge is 2.50. The van der Waals surface area contributed by atoms with E-state index in [0.717, 1.165) is 0 Å². The van der Waals surface area contributed by atoms with Gasteiger partial charge in [-0.3, -0.25) is 19.2 Å². The van der Waals surface area contributed by atoms with E-state index in [1.807, 2.05) is 26.8 Å². The van der Waals surface area contributed by atoms with Crippen molar-refractivity contribution in [3.8, 4) is 0 Å². The summed E-state index contributed by atoms with van der Waals surface area (Å²) >= 11 is 0. The van der Waals surface area contributed by atoms with Gasteiger partial charge in [0.05, 0.1) is 25.7 Å².